The molecule has 0 spiro atoms. The SMILES string of the molecule is COc1ccc(S(=O)(=O)N2Cc3ccccc3CC2C(=O)NCCc2ccccc2)cc1OC. The Morgan fingerprint density at radius 1 is 0.941 bits per heavy atom. The standard InChI is InChI=1S/C26H28N2O5S/c1-32-24-13-12-22(17-25(24)33-2)34(30,31)28-18-21-11-7-6-10-20(21)16-23(28)26(29)27-15-14-19-8-4-3-5-9-19/h3-13,17,23H,14-16,18H2,1-2H3,(H,27,29). The lowest BCUT2D eigenvalue weighted by atomic mass is 9.95. The van der Waals surface area contributed by atoms with Crippen LogP contribution in [0.2, 0.25) is 0 Å². The van der Waals surface area contributed by atoms with E-state index in [0.717, 1.165) is 16.7 Å². The van der Waals surface area contributed by atoms with Gasteiger partial charge >= 0.3 is 0 Å². The number of methoxy groups -OCH3 is 2. The molecule has 4 rings (SSSR count). The van der Waals surface area contributed by atoms with Crippen molar-refractivity contribution in [2.45, 2.75) is 30.3 Å². The first-order valence-corrected chi connectivity index (χ1v) is 12.5. The number of amides is 1. The third-order valence-electron chi connectivity index (χ3n) is 6.03. The first-order valence-electron chi connectivity index (χ1n) is 11.1. The summed E-state index contributed by atoms with van der Waals surface area (Å²) in [6.07, 6.45) is 0.970. The van der Waals surface area contributed by atoms with Crippen molar-refractivity contribution in [3.8, 4) is 11.5 Å². The molecule has 1 heterocycles. The lowest BCUT2D eigenvalue weighted by molar-refractivity contribution is -0.125. The molecule has 0 bridgehead atoms. The molecule has 1 amide bonds. The van der Waals surface area contributed by atoms with Crippen LogP contribution in [0.1, 0.15) is 16.7 Å². The number of rotatable bonds is 8. The van der Waals surface area contributed by atoms with Gasteiger partial charge in [0.15, 0.2) is 11.5 Å². The van der Waals surface area contributed by atoms with E-state index in [9.17, 15) is 13.2 Å². The molecule has 1 unspecified atom stereocenters. The van der Waals surface area contributed by atoms with Crippen molar-refractivity contribution in [1.29, 1.82) is 0 Å². The van der Waals surface area contributed by atoms with Gasteiger partial charge in [-0.25, -0.2) is 8.42 Å². The maximum absolute atomic E-state index is 13.7. The number of carbonyl (C=O) groups is 1. The number of nitrogens with one attached hydrogen (secondary N) is 1. The van der Waals surface area contributed by atoms with Crippen molar-refractivity contribution in [2.24, 2.45) is 0 Å². The second kappa shape index (κ2) is 10.3. The first kappa shape index (κ1) is 23.8. The molecular formula is C26H28N2O5S. The zero-order valence-corrected chi connectivity index (χ0v) is 20.0. The van der Waals surface area contributed by atoms with Crippen LogP contribution in [-0.2, 0) is 34.2 Å². The molecule has 8 heteroatoms. The topological polar surface area (TPSA) is 84.9 Å². The highest BCUT2D eigenvalue weighted by Gasteiger charge is 2.39. The third-order valence-corrected chi connectivity index (χ3v) is 7.88. The van der Waals surface area contributed by atoms with E-state index in [1.165, 1.54) is 30.7 Å². The van der Waals surface area contributed by atoms with Crippen molar-refractivity contribution in [1.82, 2.24) is 9.62 Å². The molecule has 0 radical (unpaired) electrons. The number of carbonyl (C=O) groups excluding carboxylic acids is 1. The molecule has 178 valence electrons. The first-order chi connectivity index (χ1) is 16.4. The van der Waals surface area contributed by atoms with Crippen molar-refractivity contribution >= 4 is 15.9 Å². The quantitative estimate of drug-likeness (QED) is 0.535. The van der Waals surface area contributed by atoms with E-state index < -0.39 is 16.1 Å². The number of sulfonamides is 1. The molecule has 1 aliphatic heterocycles. The van der Waals surface area contributed by atoms with Gasteiger partial charge in [-0.1, -0.05) is 54.6 Å². The van der Waals surface area contributed by atoms with Crippen LogP contribution in [0.4, 0.5) is 0 Å². The maximum Gasteiger partial charge on any atom is 0.244 e. The van der Waals surface area contributed by atoms with Gasteiger partial charge in [0.2, 0.25) is 15.9 Å². The molecule has 0 saturated carbocycles. The average Bonchev–Trinajstić information content (AvgIpc) is 2.88. The van der Waals surface area contributed by atoms with Crippen LogP contribution in [0.5, 0.6) is 11.5 Å². The van der Waals surface area contributed by atoms with Gasteiger partial charge in [0.05, 0.1) is 19.1 Å². The smallest absolute Gasteiger partial charge is 0.244 e. The number of benzene rings is 3. The van der Waals surface area contributed by atoms with E-state index in [0.29, 0.717) is 30.9 Å². The number of hydrogen-bond donors (Lipinski definition) is 1. The molecule has 1 atom stereocenters. The predicted octanol–water partition coefficient (Wildman–Crippen LogP) is 3.18. The zero-order chi connectivity index (χ0) is 24.1. The lowest BCUT2D eigenvalue weighted by Gasteiger charge is -2.35. The van der Waals surface area contributed by atoms with Crippen LogP contribution in [0.15, 0.2) is 77.7 Å². The van der Waals surface area contributed by atoms with Crippen molar-refractivity contribution in [3.63, 3.8) is 0 Å². The maximum atomic E-state index is 13.7. The highest BCUT2D eigenvalue weighted by atomic mass is 32.2. The third kappa shape index (κ3) is 4.93. The fourth-order valence-electron chi connectivity index (χ4n) is 4.18. The summed E-state index contributed by atoms with van der Waals surface area (Å²) in [6, 6.07) is 21.1. The molecule has 0 aliphatic carbocycles. The summed E-state index contributed by atoms with van der Waals surface area (Å²) in [5, 5.41) is 2.94. The van der Waals surface area contributed by atoms with Gasteiger partial charge in [0.1, 0.15) is 6.04 Å². The molecule has 1 N–H and O–H groups in total. The van der Waals surface area contributed by atoms with Gasteiger partial charge in [0.25, 0.3) is 0 Å². The molecule has 3 aromatic carbocycles. The van der Waals surface area contributed by atoms with Crippen LogP contribution in [0, 0.1) is 0 Å². The lowest BCUT2D eigenvalue weighted by Crippen LogP contribution is -2.52. The van der Waals surface area contributed by atoms with Gasteiger partial charge in [-0.2, -0.15) is 4.31 Å². The van der Waals surface area contributed by atoms with Crippen molar-refractivity contribution in [3.05, 3.63) is 89.5 Å². The van der Waals surface area contributed by atoms with Crippen molar-refractivity contribution < 1.29 is 22.7 Å². The number of fused-ring (bicyclic) bond motifs is 1. The largest absolute Gasteiger partial charge is 0.493 e. The summed E-state index contributed by atoms with van der Waals surface area (Å²) in [4.78, 5) is 13.3. The van der Waals surface area contributed by atoms with E-state index in [2.05, 4.69) is 5.32 Å². The van der Waals surface area contributed by atoms with Gasteiger partial charge < -0.3 is 14.8 Å². The molecule has 0 saturated heterocycles. The minimum Gasteiger partial charge on any atom is -0.493 e. The minimum absolute atomic E-state index is 0.0478. The van der Waals surface area contributed by atoms with E-state index in [4.69, 9.17) is 9.47 Å². The molecule has 1 aliphatic rings. The van der Waals surface area contributed by atoms with Crippen LogP contribution in [0.3, 0.4) is 0 Å². The van der Waals surface area contributed by atoms with Crippen LogP contribution < -0.4 is 14.8 Å². The van der Waals surface area contributed by atoms with E-state index in [1.54, 1.807) is 6.07 Å². The van der Waals surface area contributed by atoms with Gasteiger partial charge in [-0.3, -0.25) is 4.79 Å². The Morgan fingerprint density at radius 2 is 1.62 bits per heavy atom. The monoisotopic (exact) mass is 480 g/mol. The average molecular weight is 481 g/mol. The van der Waals surface area contributed by atoms with E-state index >= 15 is 0 Å². The summed E-state index contributed by atoms with van der Waals surface area (Å²) in [5.74, 6) is 0.431. The Kier molecular flexibility index (Phi) is 7.19. The number of nitrogens with zero attached hydrogens (tertiary/aromatic N) is 1. The molecule has 34 heavy (non-hydrogen) atoms. The highest BCUT2D eigenvalue weighted by Crippen LogP contribution is 2.34. The molecular weight excluding hydrogens is 452 g/mol. The number of hydrogen-bond acceptors (Lipinski definition) is 5. The molecule has 3 aromatic rings. The highest BCUT2D eigenvalue weighted by molar-refractivity contribution is 7.89. The van der Waals surface area contributed by atoms with Gasteiger partial charge in [-0.15, -0.1) is 0 Å². The molecule has 7 nitrogen and oxygen atoms in total. The van der Waals surface area contributed by atoms with Gasteiger partial charge in [-0.05, 0) is 41.7 Å². The van der Waals surface area contributed by atoms with E-state index in [-0.39, 0.29) is 17.3 Å². The Morgan fingerprint density at radius 3 is 2.32 bits per heavy atom. The number of ether oxygens (including phenoxy) is 2. The molecule has 0 aromatic heterocycles. The Bertz CT molecular complexity index is 1260. The summed E-state index contributed by atoms with van der Waals surface area (Å²) in [6.45, 7) is 0.537. The Balaban J connectivity index is 1.61. The van der Waals surface area contributed by atoms with Crippen LogP contribution in [-0.4, -0.2) is 45.4 Å². The summed E-state index contributed by atoms with van der Waals surface area (Å²) >= 11 is 0. The van der Waals surface area contributed by atoms with E-state index in [1.807, 2.05) is 54.6 Å². The fraction of sp³-hybridized carbons (Fsp3) is 0.269. The summed E-state index contributed by atoms with van der Waals surface area (Å²) in [7, 11) is -1.05. The van der Waals surface area contributed by atoms with Crippen LogP contribution >= 0.6 is 0 Å². The van der Waals surface area contributed by atoms with Gasteiger partial charge in [0, 0.05) is 19.2 Å². The predicted molar refractivity (Wildman–Crippen MR) is 129 cm³/mol. The minimum atomic E-state index is -4.00. The second-order valence-electron chi connectivity index (χ2n) is 8.08. The fourth-order valence-corrected chi connectivity index (χ4v) is 5.76. The zero-order valence-electron chi connectivity index (χ0n) is 19.2. The Labute approximate surface area is 200 Å². The Hall–Kier alpha value is -3.36. The summed E-state index contributed by atoms with van der Waals surface area (Å²) in [5.41, 5.74) is 2.97. The summed E-state index contributed by atoms with van der Waals surface area (Å²) < 4.78 is 39.3. The normalized spacial score (nSPS) is 15.9. The second-order valence-corrected chi connectivity index (χ2v) is 9.97. The van der Waals surface area contributed by atoms with Crippen molar-refractivity contribution in [2.75, 3.05) is 20.8 Å². The van der Waals surface area contributed by atoms with Crippen LogP contribution in [0.25, 0.3) is 0 Å². The molecule has 0 fully saturated rings.